The summed E-state index contributed by atoms with van der Waals surface area (Å²) in [5.41, 5.74) is 1.89. The van der Waals surface area contributed by atoms with Gasteiger partial charge in [-0.15, -0.1) is 24.0 Å². The zero-order valence-corrected chi connectivity index (χ0v) is 20.4. The van der Waals surface area contributed by atoms with Crippen molar-refractivity contribution in [2.75, 3.05) is 63.2 Å². The number of fused-ring (bicyclic) bond motifs is 1. The van der Waals surface area contributed by atoms with E-state index in [0.717, 1.165) is 24.1 Å². The van der Waals surface area contributed by atoms with E-state index in [2.05, 4.69) is 15.6 Å². The number of rotatable bonds is 12. The molecule has 0 spiro atoms. The molecule has 0 aliphatic carbocycles. The molecule has 10 heteroatoms. The van der Waals surface area contributed by atoms with E-state index in [-0.39, 0.29) is 29.7 Å². The van der Waals surface area contributed by atoms with Crippen molar-refractivity contribution in [1.29, 1.82) is 0 Å². The van der Waals surface area contributed by atoms with E-state index in [0.29, 0.717) is 52.0 Å². The maximum absolute atomic E-state index is 12.7. The van der Waals surface area contributed by atoms with Crippen LogP contribution in [-0.4, -0.2) is 73.2 Å². The van der Waals surface area contributed by atoms with Crippen LogP contribution in [-0.2, 0) is 25.9 Å². The number of nitrogens with one attached hydrogen (secondary N) is 2. The average molecular weight is 540 g/mol. The van der Waals surface area contributed by atoms with Gasteiger partial charge in [0.2, 0.25) is 10.0 Å². The van der Waals surface area contributed by atoms with E-state index in [4.69, 9.17) is 9.47 Å². The lowest BCUT2D eigenvalue weighted by Crippen LogP contribution is -2.42. The highest BCUT2D eigenvalue weighted by molar-refractivity contribution is 14.0. The van der Waals surface area contributed by atoms with Gasteiger partial charge < -0.3 is 20.1 Å². The Labute approximate surface area is 191 Å². The molecule has 8 nitrogen and oxygen atoms in total. The van der Waals surface area contributed by atoms with Gasteiger partial charge in [0, 0.05) is 39.9 Å². The number of nitrogens with zero attached hydrogens (tertiary/aromatic N) is 2. The van der Waals surface area contributed by atoms with Crippen LogP contribution >= 0.6 is 24.0 Å². The van der Waals surface area contributed by atoms with E-state index < -0.39 is 10.0 Å². The van der Waals surface area contributed by atoms with Crippen molar-refractivity contribution in [2.24, 2.45) is 4.99 Å². The molecule has 29 heavy (non-hydrogen) atoms. The first kappa shape index (κ1) is 25.9. The molecule has 1 aliphatic rings. The summed E-state index contributed by atoms with van der Waals surface area (Å²) >= 11 is 0. The summed E-state index contributed by atoms with van der Waals surface area (Å²) in [6, 6.07) is 7.67. The molecule has 1 heterocycles. The summed E-state index contributed by atoms with van der Waals surface area (Å²) in [5.74, 6) is 0.641. The summed E-state index contributed by atoms with van der Waals surface area (Å²) in [5, 5.41) is 6.24. The second-order valence-electron chi connectivity index (χ2n) is 6.41. The summed E-state index contributed by atoms with van der Waals surface area (Å²) in [6.07, 6.45) is 1.56. The van der Waals surface area contributed by atoms with Gasteiger partial charge in [-0.3, -0.25) is 9.30 Å². The number of methoxy groups -OCH3 is 1. The molecule has 166 valence electrons. The van der Waals surface area contributed by atoms with E-state index in [9.17, 15) is 8.42 Å². The first-order valence-electron chi connectivity index (χ1n) is 9.75. The molecule has 0 atom stereocenters. The molecule has 0 amide bonds. The minimum Gasteiger partial charge on any atom is -0.382 e. The SMILES string of the molecule is CCNC(=NCCCOCCOC)NCCS(=O)(=O)N1CCc2ccccc21.I. The number of benzene rings is 1. The van der Waals surface area contributed by atoms with Gasteiger partial charge in [0.25, 0.3) is 0 Å². The molecule has 0 fully saturated rings. The van der Waals surface area contributed by atoms with E-state index >= 15 is 0 Å². The summed E-state index contributed by atoms with van der Waals surface area (Å²) in [7, 11) is -1.72. The molecule has 0 radical (unpaired) electrons. The Bertz CT molecular complexity index is 731. The third-order valence-corrected chi connectivity index (χ3v) is 6.10. The normalized spacial score (nSPS) is 13.7. The molecule has 0 unspecified atom stereocenters. The summed E-state index contributed by atoms with van der Waals surface area (Å²) in [6.45, 7) is 5.89. The highest BCUT2D eigenvalue weighted by Crippen LogP contribution is 2.29. The Morgan fingerprint density at radius 1 is 1.21 bits per heavy atom. The van der Waals surface area contributed by atoms with Gasteiger partial charge in [-0.05, 0) is 31.4 Å². The fourth-order valence-electron chi connectivity index (χ4n) is 2.95. The Morgan fingerprint density at radius 3 is 2.76 bits per heavy atom. The molecule has 1 aromatic rings. The Balaban J connectivity index is 0.00000420. The Hall–Kier alpha value is -1.11. The lowest BCUT2D eigenvalue weighted by molar-refractivity contribution is 0.0702. The average Bonchev–Trinajstić information content (AvgIpc) is 3.12. The summed E-state index contributed by atoms with van der Waals surface area (Å²) < 4.78 is 37.3. The second kappa shape index (κ2) is 14.0. The van der Waals surface area contributed by atoms with Crippen LogP contribution in [0.4, 0.5) is 5.69 Å². The van der Waals surface area contributed by atoms with Crippen LogP contribution < -0.4 is 14.9 Å². The maximum Gasteiger partial charge on any atom is 0.236 e. The monoisotopic (exact) mass is 540 g/mol. The van der Waals surface area contributed by atoms with Gasteiger partial charge in [-0.1, -0.05) is 18.2 Å². The van der Waals surface area contributed by atoms with E-state index in [1.54, 1.807) is 7.11 Å². The number of hydrogen-bond acceptors (Lipinski definition) is 5. The van der Waals surface area contributed by atoms with Gasteiger partial charge in [0.05, 0.1) is 24.7 Å². The highest BCUT2D eigenvalue weighted by atomic mass is 127. The van der Waals surface area contributed by atoms with Gasteiger partial charge in [0.1, 0.15) is 0 Å². The number of anilines is 1. The number of ether oxygens (including phenoxy) is 2. The molecule has 0 saturated heterocycles. The number of sulfonamides is 1. The van der Waals surface area contributed by atoms with Crippen molar-refractivity contribution in [3.05, 3.63) is 29.8 Å². The number of halogens is 1. The van der Waals surface area contributed by atoms with Crippen molar-refractivity contribution in [1.82, 2.24) is 10.6 Å². The standard InChI is InChI=1S/C19H32N4O4S.HI/c1-3-20-19(21-10-6-13-27-15-14-26-2)22-11-16-28(24,25)23-12-9-17-7-4-5-8-18(17)23;/h4-5,7-8H,3,6,9-16H2,1-2H3,(H2,20,21,22);1H. The number of guanidine groups is 1. The van der Waals surface area contributed by atoms with Gasteiger partial charge in [-0.2, -0.15) is 0 Å². The molecule has 0 bridgehead atoms. The Morgan fingerprint density at radius 2 is 2.00 bits per heavy atom. The lowest BCUT2D eigenvalue weighted by atomic mass is 10.2. The van der Waals surface area contributed by atoms with Crippen LogP contribution in [0.2, 0.25) is 0 Å². The Kier molecular flexibility index (Phi) is 12.5. The van der Waals surface area contributed by atoms with E-state index in [1.807, 2.05) is 31.2 Å². The fourth-order valence-corrected chi connectivity index (χ4v) is 4.38. The van der Waals surface area contributed by atoms with Crippen molar-refractivity contribution in [2.45, 2.75) is 19.8 Å². The third-order valence-electron chi connectivity index (χ3n) is 4.33. The number of aliphatic imine (C=N–C) groups is 1. The third kappa shape index (κ3) is 8.65. The van der Waals surface area contributed by atoms with Crippen molar-refractivity contribution < 1.29 is 17.9 Å². The van der Waals surface area contributed by atoms with Crippen molar-refractivity contribution in [3.8, 4) is 0 Å². The zero-order chi connectivity index (χ0) is 20.2. The molecule has 1 aromatic carbocycles. The first-order valence-corrected chi connectivity index (χ1v) is 11.4. The molecule has 0 saturated carbocycles. The second-order valence-corrected chi connectivity index (χ2v) is 8.43. The quantitative estimate of drug-likeness (QED) is 0.181. The molecule has 2 rings (SSSR count). The van der Waals surface area contributed by atoms with Crippen molar-refractivity contribution in [3.63, 3.8) is 0 Å². The van der Waals surface area contributed by atoms with Crippen LogP contribution in [0.5, 0.6) is 0 Å². The van der Waals surface area contributed by atoms with Gasteiger partial charge in [-0.25, -0.2) is 8.42 Å². The molecular formula is C19H33IN4O4S. The fraction of sp³-hybridized carbons (Fsp3) is 0.632. The highest BCUT2D eigenvalue weighted by Gasteiger charge is 2.28. The summed E-state index contributed by atoms with van der Waals surface area (Å²) in [4.78, 5) is 4.46. The van der Waals surface area contributed by atoms with Crippen LogP contribution in [0.15, 0.2) is 29.3 Å². The largest absolute Gasteiger partial charge is 0.382 e. The predicted molar refractivity (Wildman–Crippen MR) is 128 cm³/mol. The van der Waals surface area contributed by atoms with Crippen molar-refractivity contribution >= 4 is 45.6 Å². The molecule has 1 aliphatic heterocycles. The molecular weight excluding hydrogens is 507 g/mol. The van der Waals surface area contributed by atoms with Crippen LogP contribution in [0, 0.1) is 0 Å². The van der Waals surface area contributed by atoms with Gasteiger partial charge in [0.15, 0.2) is 5.96 Å². The number of para-hydroxylation sites is 1. The lowest BCUT2D eigenvalue weighted by Gasteiger charge is -2.20. The first-order chi connectivity index (χ1) is 13.6. The minimum absolute atomic E-state index is 0. The smallest absolute Gasteiger partial charge is 0.236 e. The molecule has 0 aromatic heterocycles. The zero-order valence-electron chi connectivity index (χ0n) is 17.2. The maximum atomic E-state index is 12.7. The minimum atomic E-state index is -3.37. The predicted octanol–water partition coefficient (Wildman–Crippen LogP) is 1.61. The van der Waals surface area contributed by atoms with Crippen LogP contribution in [0.1, 0.15) is 18.9 Å². The van der Waals surface area contributed by atoms with E-state index in [1.165, 1.54) is 4.31 Å². The van der Waals surface area contributed by atoms with Crippen LogP contribution in [0.3, 0.4) is 0 Å². The van der Waals surface area contributed by atoms with Crippen LogP contribution in [0.25, 0.3) is 0 Å². The topological polar surface area (TPSA) is 92.3 Å². The van der Waals surface area contributed by atoms with Gasteiger partial charge >= 0.3 is 0 Å². The molecule has 2 N–H and O–H groups in total. The number of hydrogen-bond donors (Lipinski definition) is 2.